The summed E-state index contributed by atoms with van der Waals surface area (Å²) in [4.78, 5) is 14.9. The van der Waals surface area contributed by atoms with E-state index < -0.39 is 9.84 Å². The zero-order chi connectivity index (χ0) is 23.5. The summed E-state index contributed by atoms with van der Waals surface area (Å²) in [6.07, 6.45) is 3.87. The first-order valence-corrected chi connectivity index (χ1v) is 13.2. The number of carbonyl (C=O) groups is 1. The Bertz CT molecular complexity index is 1060. The van der Waals surface area contributed by atoms with Crippen LogP contribution in [0.4, 0.5) is 0 Å². The van der Waals surface area contributed by atoms with Gasteiger partial charge in [-0.3, -0.25) is 4.79 Å². The number of carbonyl (C=O) groups excluding carboxylic acids is 1. The van der Waals surface area contributed by atoms with E-state index in [1.165, 1.54) is 11.1 Å². The molecule has 0 unspecified atom stereocenters. The van der Waals surface area contributed by atoms with Gasteiger partial charge in [0.1, 0.15) is 0 Å². The quantitative estimate of drug-likeness (QED) is 0.555. The molecule has 172 valence electrons. The highest BCUT2D eigenvalue weighted by Crippen LogP contribution is 2.24. The molecular weight excluding hydrogens is 418 g/mol. The average Bonchev–Trinajstić information content (AvgIpc) is 3.09. The highest BCUT2D eigenvalue weighted by molar-refractivity contribution is 7.91. The van der Waals surface area contributed by atoms with Crippen molar-refractivity contribution in [2.75, 3.05) is 11.5 Å². The Morgan fingerprint density at radius 1 is 1.06 bits per heavy atom. The molecule has 1 saturated heterocycles. The summed E-state index contributed by atoms with van der Waals surface area (Å²) in [7, 11) is -3.09. The van der Waals surface area contributed by atoms with Crippen molar-refractivity contribution in [2.24, 2.45) is 0 Å². The second kappa shape index (κ2) is 9.62. The molecule has 5 heteroatoms. The molecule has 1 aliphatic rings. The Morgan fingerprint density at radius 2 is 1.69 bits per heavy atom. The smallest absolute Gasteiger partial charge is 0.247 e. The maximum Gasteiger partial charge on any atom is 0.247 e. The van der Waals surface area contributed by atoms with Gasteiger partial charge in [0.2, 0.25) is 5.91 Å². The number of sulfone groups is 1. The number of hydrogen-bond donors (Lipinski definition) is 0. The first-order chi connectivity index (χ1) is 14.9. The van der Waals surface area contributed by atoms with Crippen molar-refractivity contribution in [3.05, 3.63) is 76.9 Å². The fourth-order valence-corrected chi connectivity index (χ4v) is 5.70. The lowest BCUT2D eigenvalue weighted by Crippen LogP contribution is -2.39. The molecule has 0 aromatic heterocycles. The Hall–Kier alpha value is -2.40. The summed E-state index contributed by atoms with van der Waals surface area (Å²) >= 11 is 0. The van der Waals surface area contributed by atoms with Crippen LogP contribution in [0.1, 0.15) is 69.2 Å². The largest absolute Gasteiger partial charge is 0.331 e. The van der Waals surface area contributed by atoms with Crippen molar-refractivity contribution in [1.29, 1.82) is 0 Å². The Balaban J connectivity index is 1.79. The van der Waals surface area contributed by atoms with Gasteiger partial charge in [0.05, 0.1) is 11.5 Å². The first-order valence-electron chi connectivity index (χ1n) is 11.3. The number of benzene rings is 2. The molecule has 0 radical (unpaired) electrons. The van der Waals surface area contributed by atoms with E-state index in [0.717, 1.165) is 11.1 Å². The topological polar surface area (TPSA) is 54.5 Å². The molecule has 4 nitrogen and oxygen atoms in total. The molecule has 0 bridgehead atoms. The average molecular weight is 454 g/mol. The van der Waals surface area contributed by atoms with Crippen molar-refractivity contribution in [3.63, 3.8) is 0 Å². The van der Waals surface area contributed by atoms with Crippen LogP contribution in [0.15, 0.2) is 54.6 Å². The monoisotopic (exact) mass is 453 g/mol. The number of nitrogens with zero attached hydrogens (tertiary/aromatic N) is 1. The summed E-state index contributed by atoms with van der Waals surface area (Å²) in [6, 6.07) is 16.1. The molecule has 2 aromatic rings. The van der Waals surface area contributed by atoms with E-state index in [4.69, 9.17) is 0 Å². The van der Waals surface area contributed by atoms with Crippen molar-refractivity contribution < 1.29 is 13.2 Å². The van der Waals surface area contributed by atoms with E-state index in [0.29, 0.717) is 18.9 Å². The van der Waals surface area contributed by atoms with Gasteiger partial charge in [-0.05, 0) is 46.1 Å². The zero-order valence-corrected chi connectivity index (χ0v) is 20.7. The third-order valence-electron chi connectivity index (χ3n) is 6.13. The molecule has 1 atom stereocenters. The van der Waals surface area contributed by atoms with Crippen molar-refractivity contribution >= 4 is 21.8 Å². The Morgan fingerprint density at radius 3 is 2.19 bits per heavy atom. The van der Waals surface area contributed by atoms with Gasteiger partial charge in [-0.25, -0.2) is 8.42 Å². The number of amides is 1. The van der Waals surface area contributed by atoms with Crippen LogP contribution in [0.2, 0.25) is 0 Å². The van der Waals surface area contributed by atoms with Gasteiger partial charge in [0.25, 0.3) is 0 Å². The van der Waals surface area contributed by atoms with Crippen molar-refractivity contribution in [2.45, 2.75) is 65.0 Å². The van der Waals surface area contributed by atoms with Crippen LogP contribution in [0.5, 0.6) is 0 Å². The van der Waals surface area contributed by atoms with Gasteiger partial charge < -0.3 is 4.90 Å². The van der Waals surface area contributed by atoms with Gasteiger partial charge in [0, 0.05) is 18.7 Å². The summed E-state index contributed by atoms with van der Waals surface area (Å²) < 4.78 is 24.2. The lowest BCUT2D eigenvalue weighted by molar-refractivity contribution is -0.128. The number of rotatable bonds is 6. The van der Waals surface area contributed by atoms with Crippen LogP contribution in [-0.4, -0.2) is 36.8 Å². The maximum atomic E-state index is 13.2. The Labute approximate surface area is 193 Å². The molecule has 1 fully saturated rings. The summed E-state index contributed by atoms with van der Waals surface area (Å²) in [5.41, 5.74) is 4.52. The van der Waals surface area contributed by atoms with E-state index in [1.807, 2.05) is 30.3 Å². The minimum Gasteiger partial charge on any atom is -0.331 e. The second-order valence-corrected chi connectivity index (χ2v) is 12.4. The summed E-state index contributed by atoms with van der Waals surface area (Å²) in [6.45, 7) is 11.2. The zero-order valence-electron chi connectivity index (χ0n) is 19.8. The lowest BCUT2D eigenvalue weighted by Gasteiger charge is -2.27. The van der Waals surface area contributed by atoms with Crippen LogP contribution in [0.25, 0.3) is 6.08 Å². The van der Waals surface area contributed by atoms with Gasteiger partial charge in [-0.15, -0.1) is 0 Å². The van der Waals surface area contributed by atoms with Crippen LogP contribution in [-0.2, 0) is 26.6 Å². The molecule has 1 aliphatic heterocycles. The third kappa shape index (κ3) is 6.32. The molecule has 0 aliphatic carbocycles. The van der Waals surface area contributed by atoms with E-state index in [1.54, 1.807) is 11.0 Å². The van der Waals surface area contributed by atoms with Gasteiger partial charge in [-0.2, -0.15) is 0 Å². The predicted octanol–water partition coefficient (Wildman–Crippen LogP) is 5.34. The van der Waals surface area contributed by atoms with Gasteiger partial charge in [-0.1, -0.05) is 83.1 Å². The van der Waals surface area contributed by atoms with E-state index in [2.05, 4.69) is 58.9 Å². The molecule has 0 N–H and O–H groups in total. The minimum absolute atomic E-state index is 0.0386. The fraction of sp³-hybridized carbons (Fsp3) is 0.444. The normalized spacial score (nSPS) is 18.4. The molecule has 3 rings (SSSR count). The van der Waals surface area contributed by atoms with E-state index in [-0.39, 0.29) is 28.9 Å². The molecule has 32 heavy (non-hydrogen) atoms. The third-order valence-corrected chi connectivity index (χ3v) is 7.88. The van der Waals surface area contributed by atoms with Crippen LogP contribution in [0.3, 0.4) is 0 Å². The van der Waals surface area contributed by atoms with Crippen LogP contribution < -0.4 is 0 Å². The highest BCUT2D eigenvalue weighted by atomic mass is 32.2. The first kappa shape index (κ1) is 24.2. The standard InChI is InChI=1S/C27H35NO3S/c1-20(2)23-11-6-22(7-12-23)18-28(25-16-17-32(30,31)19-25)26(29)15-10-21-8-13-24(14-9-21)27(3,4)5/h6-15,20,25H,16-19H2,1-5H3/b15-10+/t25-/m1/s1. The molecule has 2 aromatic carbocycles. The minimum atomic E-state index is -3.09. The van der Waals surface area contributed by atoms with E-state index in [9.17, 15) is 13.2 Å². The van der Waals surface area contributed by atoms with Crippen LogP contribution >= 0.6 is 0 Å². The number of hydrogen-bond acceptors (Lipinski definition) is 3. The summed E-state index contributed by atoms with van der Waals surface area (Å²) in [5, 5.41) is 0. The molecule has 1 amide bonds. The van der Waals surface area contributed by atoms with E-state index >= 15 is 0 Å². The predicted molar refractivity (Wildman–Crippen MR) is 132 cm³/mol. The lowest BCUT2D eigenvalue weighted by atomic mass is 9.87. The highest BCUT2D eigenvalue weighted by Gasteiger charge is 2.34. The SMILES string of the molecule is CC(C)c1ccc(CN(C(=O)/C=C/c2ccc(C(C)(C)C)cc2)[C@@H]2CCS(=O)(=O)C2)cc1. The summed E-state index contributed by atoms with van der Waals surface area (Å²) in [5.74, 6) is 0.470. The van der Waals surface area contributed by atoms with Gasteiger partial charge >= 0.3 is 0 Å². The van der Waals surface area contributed by atoms with Crippen molar-refractivity contribution in [3.8, 4) is 0 Å². The molecule has 0 spiro atoms. The molecule has 0 saturated carbocycles. The second-order valence-electron chi connectivity index (χ2n) is 10.1. The van der Waals surface area contributed by atoms with Crippen molar-refractivity contribution in [1.82, 2.24) is 4.90 Å². The van der Waals surface area contributed by atoms with Crippen LogP contribution in [0, 0.1) is 0 Å². The maximum absolute atomic E-state index is 13.2. The van der Waals surface area contributed by atoms with Gasteiger partial charge in [0.15, 0.2) is 9.84 Å². The fourth-order valence-electron chi connectivity index (χ4n) is 3.97. The molecular formula is C27H35NO3S. The molecule has 1 heterocycles. The Kier molecular flexibility index (Phi) is 7.29.